The van der Waals surface area contributed by atoms with E-state index in [1.807, 2.05) is 32.9 Å². The van der Waals surface area contributed by atoms with Crippen LogP contribution in [0.1, 0.15) is 37.5 Å². The Kier molecular flexibility index (Phi) is 5.64. The average Bonchev–Trinajstić information content (AvgIpc) is 2.53. The van der Waals surface area contributed by atoms with Crippen molar-refractivity contribution in [3.63, 3.8) is 0 Å². The third kappa shape index (κ3) is 5.00. The smallest absolute Gasteiger partial charge is 0.416 e. The van der Waals surface area contributed by atoms with Crippen molar-refractivity contribution in [1.82, 2.24) is 0 Å². The quantitative estimate of drug-likeness (QED) is 0.803. The van der Waals surface area contributed by atoms with Gasteiger partial charge < -0.3 is 9.84 Å². The van der Waals surface area contributed by atoms with E-state index in [4.69, 9.17) is 4.74 Å². The Morgan fingerprint density at radius 3 is 2.31 bits per heavy atom. The molecule has 2 aromatic rings. The molecule has 0 aliphatic carbocycles. The van der Waals surface area contributed by atoms with Gasteiger partial charge in [0.15, 0.2) is 6.10 Å². The standard InChI is InChI=1S/C20H21F3O3/c1-19(2,3)15-9-4-5-10-16(15)26-17(18(24)25)12-13-7-6-8-14(11-13)20(21,22)23/h4-11,17H,12H2,1-3H3,(H,24,25)/t17-/m1/s1. The fourth-order valence-electron chi connectivity index (χ4n) is 2.61. The van der Waals surface area contributed by atoms with Crippen LogP contribution in [0.5, 0.6) is 5.75 Å². The highest BCUT2D eigenvalue weighted by Crippen LogP contribution is 2.33. The van der Waals surface area contributed by atoms with Gasteiger partial charge in [0.1, 0.15) is 5.75 Å². The zero-order valence-electron chi connectivity index (χ0n) is 14.8. The van der Waals surface area contributed by atoms with Crippen LogP contribution >= 0.6 is 0 Å². The van der Waals surface area contributed by atoms with Crippen molar-refractivity contribution in [2.45, 2.75) is 44.9 Å². The van der Waals surface area contributed by atoms with Gasteiger partial charge in [0.2, 0.25) is 0 Å². The van der Waals surface area contributed by atoms with Crippen molar-refractivity contribution in [1.29, 1.82) is 0 Å². The average molecular weight is 366 g/mol. The summed E-state index contributed by atoms with van der Waals surface area (Å²) in [5.74, 6) is -0.814. The molecule has 0 radical (unpaired) electrons. The summed E-state index contributed by atoms with van der Waals surface area (Å²) in [4.78, 5) is 11.6. The molecule has 0 heterocycles. The highest BCUT2D eigenvalue weighted by molar-refractivity contribution is 5.73. The van der Waals surface area contributed by atoms with E-state index in [2.05, 4.69) is 0 Å². The van der Waals surface area contributed by atoms with Gasteiger partial charge in [-0.3, -0.25) is 0 Å². The first-order valence-electron chi connectivity index (χ1n) is 8.13. The number of hydrogen-bond acceptors (Lipinski definition) is 2. The number of ether oxygens (including phenoxy) is 1. The van der Waals surface area contributed by atoms with Gasteiger partial charge in [0, 0.05) is 6.42 Å². The Morgan fingerprint density at radius 2 is 1.73 bits per heavy atom. The van der Waals surface area contributed by atoms with Gasteiger partial charge in [-0.05, 0) is 28.7 Å². The van der Waals surface area contributed by atoms with Gasteiger partial charge in [-0.1, -0.05) is 57.2 Å². The summed E-state index contributed by atoms with van der Waals surface area (Å²) in [7, 11) is 0. The molecule has 0 aliphatic rings. The molecular weight excluding hydrogens is 345 g/mol. The minimum atomic E-state index is -4.48. The Morgan fingerprint density at radius 1 is 1.08 bits per heavy atom. The summed E-state index contributed by atoms with van der Waals surface area (Å²) in [5.41, 5.74) is 0.000498. The Bertz CT molecular complexity index is 776. The van der Waals surface area contributed by atoms with E-state index in [1.54, 1.807) is 12.1 Å². The normalized spacial score (nSPS) is 13.3. The first-order chi connectivity index (χ1) is 12.0. The topological polar surface area (TPSA) is 46.5 Å². The van der Waals surface area contributed by atoms with Crippen LogP contribution in [0.3, 0.4) is 0 Å². The monoisotopic (exact) mass is 366 g/mol. The molecule has 0 saturated carbocycles. The predicted molar refractivity (Wildman–Crippen MR) is 92.3 cm³/mol. The number of carboxylic acid groups (broad SMARTS) is 1. The Balaban J connectivity index is 2.28. The van der Waals surface area contributed by atoms with Gasteiger partial charge in [-0.15, -0.1) is 0 Å². The number of para-hydroxylation sites is 1. The van der Waals surface area contributed by atoms with Crippen molar-refractivity contribution in [2.24, 2.45) is 0 Å². The van der Waals surface area contributed by atoms with E-state index in [9.17, 15) is 23.1 Å². The number of alkyl halides is 3. The van der Waals surface area contributed by atoms with Crippen molar-refractivity contribution < 1.29 is 27.8 Å². The van der Waals surface area contributed by atoms with Gasteiger partial charge in [-0.2, -0.15) is 13.2 Å². The van der Waals surface area contributed by atoms with Crippen molar-refractivity contribution in [3.05, 3.63) is 65.2 Å². The predicted octanol–water partition coefficient (Wildman–Crippen LogP) is 5.08. The maximum Gasteiger partial charge on any atom is 0.416 e. The lowest BCUT2D eigenvalue weighted by molar-refractivity contribution is -0.145. The second-order valence-electron chi connectivity index (χ2n) is 7.09. The summed E-state index contributed by atoms with van der Waals surface area (Å²) < 4.78 is 44.2. The highest BCUT2D eigenvalue weighted by Gasteiger charge is 2.31. The van der Waals surface area contributed by atoms with E-state index < -0.39 is 23.8 Å². The minimum absolute atomic E-state index is 0.169. The number of carboxylic acids is 1. The number of rotatable bonds is 5. The molecule has 0 amide bonds. The number of hydrogen-bond donors (Lipinski definition) is 1. The van der Waals surface area contributed by atoms with Crippen LogP contribution in [-0.2, 0) is 22.8 Å². The number of halogens is 3. The van der Waals surface area contributed by atoms with Gasteiger partial charge in [0.25, 0.3) is 0 Å². The Hall–Kier alpha value is -2.50. The van der Waals surface area contributed by atoms with E-state index in [1.165, 1.54) is 12.1 Å². The lowest BCUT2D eigenvalue weighted by atomic mass is 9.86. The molecule has 0 aliphatic heterocycles. The van der Waals surface area contributed by atoms with Crippen LogP contribution in [0.15, 0.2) is 48.5 Å². The zero-order valence-corrected chi connectivity index (χ0v) is 14.8. The molecular formula is C20H21F3O3. The van der Waals surface area contributed by atoms with E-state index in [-0.39, 0.29) is 17.4 Å². The third-order valence-electron chi connectivity index (χ3n) is 3.92. The van der Waals surface area contributed by atoms with Crippen molar-refractivity contribution in [2.75, 3.05) is 0 Å². The molecule has 1 atom stereocenters. The molecule has 0 spiro atoms. The molecule has 0 fully saturated rings. The zero-order chi connectivity index (χ0) is 19.5. The highest BCUT2D eigenvalue weighted by atomic mass is 19.4. The van der Waals surface area contributed by atoms with E-state index >= 15 is 0 Å². The Labute approximate surface area is 150 Å². The largest absolute Gasteiger partial charge is 0.478 e. The molecule has 140 valence electrons. The second kappa shape index (κ2) is 7.40. The fraction of sp³-hybridized carbons (Fsp3) is 0.350. The maximum absolute atomic E-state index is 12.8. The first-order valence-corrected chi connectivity index (χ1v) is 8.13. The second-order valence-corrected chi connectivity index (χ2v) is 7.09. The van der Waals surface area contributed by atoms with Crippen LogP contribution in [0.25, 0.3) is 0 Å². The molecule has 3 nitrogen and oxygen atoms in total. The first kappa shape index (κ1) is 19.8. The van der Waals surface area contributed by atoms with Crippen LogP contribution < -0.4 is 4.74 Å². The van der Waals surface area contributed by atoms with Crippen molar-refractivity contribution >= 4 is 5.97 Å². The minimum Gasteiger partial charge on any atom is -0.478 e. The number of aliphatic carboxylic acids is 1. The van der Waals surface area contributed by atoms with Gasteiger partial charge in [-0.25, -0.2) is 4.79 Å². The molecule has 1 N–H and O–H groups in total. The van der Waals surface area contributed by atoms with E-state index in [0.29, 0.717) is 5.75 Å². The van der Waals surface area contributed by atoms with Gasteiger partial charge >= 0.3 is 12.1 Å². The molecule has 0 aromatic heterocycles. The van der Waals surface area contributed by atoms with Gasteiger partial charge in [0.05, 0.1) is 5.56 Å². The van der Waals surface area contributed by atoms with Crippen LogP contribution in [0.2, 0.25) is 0 Å². The lowest BCUT2D eigenvalue weighted by Gasteiger charge is -2.25. The van der Waals surface area contributed by atoms with Crippen LogP contribution in [0.4, 0.5) is 13.2 Å². The SMILES string of the molecule is CC(C)(C)c1ccccc1O[C@H](Cc1cccc(C(F)(F)F)c1)C(=O)O. The fourth-order valence-corrected chi connectivity index (χ4v) is 2.61. The summed E-state index contributed by atoms with van der Waals surface area (Å²) in [6.45, 7) is 5.91. The van der Waals surface area contributed by atoms with E-state index in [0.717, 1.165) is 17.7 Å². The third-order valence-corrected chi connectivity index (χ3v) is 3.92. The maximum atomic E-state index is 12.8. The molecule has 0 saturated heterocycles. The van der Waals surface area contributed by atoms with Crippen LogP contribution in [0, 0.1) is 0 Å². The molecule has 26 heavy (non-hydrogen) atoms. The number of benzene rings is 2. The van der Waals surface area contributed by atoms with Crippen molar-refractivity contribution in [3.8, 4) is 5.75 Å². The number of carbonyl (C=O) groups is 1. The lowest BCUT2D eigenvalue weighted by Crippen LogP contribution is -2.30. The summed E-state index contributed by atoms with van der Waals surface area (Å²) in [6, 6.07) is 11.7. The van der Waals surface area contributed by atoms with Crippen LogP contribution in [-0.4, -0.2) is 17.2 Å². The summed E-state index contributed by atoms with van der Waals surface area (Å²) in [6.07, 6.45) is -5.94. The molecule has 6 heteroatoms. The molecule has 0 unspecified atom stereocenters. The summed E-state index contributed by atoms with van der Waals surface area (Å²) >= 11 is 0. The molecule has 2 rings (SSSR count). The molecule has 2 aromatic carbocycles. The summed E-state index contributed by atoms with van der Waals surface area (Å²) in [5, 5.41) is 9.47. The molecule has 0 bridgehead atoms.